The van der Waals surface area contributed by atoms with Crippen LogP contribution in [0.25, 0.3) is 11.3 Å². The first-order chi connectivity index (χ1) is 17.4. The molecule has 1 N–H and O–H groups in total. The predicted octanol–water partition coefficient (Wildman–Crippen LogP) is 5.83. The van der Waals surface area contributed by atoms with Gasteiger partial charge in [-0.3, -0.25) is 4.79 Å². The van der Waals surface area contributed by atoms with Crippen LogP contribution in [0.3, 0.4) is 0 Å². The summed E-state index contributed by atoms with van der Waals surface area (Å²) in [6.07, 6.45) is 0.769. The number of carbonyl (C=O) groups excluding carboxylic acids is 1. The van der Waals surface area contributed by atoms with E-state index in [9.17, 15) is 22.4 Å². The van der Waals surface area contributed by atoms with Crippen molar-refractivity contribution in [3.63, 3.8) is 0 Å². The Labute approximate surface area is 205 Å². The Balaban J connectivity index is 1.40. The van der Waals surface area contributed by atoms with Gasteiger partial charge in [-0.2, -0.15) is 0 Å². The third kappa shape index (κ3) is 4.95. The minimum atomic E-state index is -0.986. The van der Waals surface area contributed by atoms with Crippen molar-refractivity contribution >= 4 is 17.4 Å². The van der Waals surface area contributed by atoms with E-state index in [0.717, 1.165) is 17.7 Å². The molecule has 0 saturated carbocycles. The minimum absolute atomic E-state index is 0.0491. The van der Waals surface area contributed by atoms with Crippen molar-refractivity contribution in [2.45, 2.75) is 25.9 Å². The van der Waals surface area contributed by atoms with E-state index >= 15 is 0 Å². The van der Waals surface area contributed by atoms with Crippen LogP contribution in [0.4, 0.5) is 29.1 Å². The third-order valence-corrected chi connectivity index (χ3v) is 6.17. The van der Waals surface area contributed by atoms with Crippen molar-refractivity contribution < 1.29 is 22.4 Å². The van der Waals surface area contributed by atoms with Crippen LogP contribution < -0.4 is 5.32 Å². The SMILES string of the molecule is O=C(CCc1ccc(F)cc1)N1CCn2c(nc(-c3ccc(F)cc3)c2Nc2ccc(F)c(F)c2)C1. The molecule has 1 amide bonds. The van der Waals surface area contributed by atoms with Crippen LogP contribution in [-0.4, -0.2) is 26.9 Å². The van der Waals surface area contributed by atoms with Crippen molar-refractivity contribution in [3.05, 3.63) is 101 Å². The molecule has 1 aliphatic rings. The predicted molar refractivity (Wildman–Crippen MR) is 127 cm³/mol. The van der Waals surface area contributed by atoms with Gasteiger partial charge in [-0.15, -0.1) is 0 Å². The first-order valence-electron chi connectivity index (χ1n) is 11.5. The summed E-state index contributed by atoms with van der Waals surface area (Å²) in [5, 5.41) is 3.12. The second kappa shape index (κ2) is 9.85. The van der Waals surface area contributed by atoms with E-state index in [-0.39, 0.29) is 24.7 Å². The molecule has 36 heavy (non-hydrogen) atoms. The summed E-state index contributed by atoms with van der Waals surface area (Å²) in [7, 11) is 0. The van der Waals surface area contributed by atoms with E-state index in [2.05, 4.69) is 5.32 Å². The minimum Gasteiger partial charge on any atom is -0.340 e. The molecule has 5 rings (SSSR count). The highest BCUT2D eigenvalue weighted by molar-refractivity contribution is 5.78. The zero-order chi connectivity index (χ0) is 25.2. The van der Waals surface area contributed by atoms with Crippen molar-refractivity contribution in [1.82, 2.24) is 14.5 Å². The van der Waals surface area contributed by atoms with Crippen molar-refractivity contribution in [3.8, 4) is 11.3 Å². The van der Waals surface area contributed by atoms with Gasteiger partial charge in [0, 0.05) is 36.8 Å². The van der Waals surface area contributed by atoms with Crippen LogP contribution in [0.2, 0.25) is 0 Å². The summed E-state index contributed by atoms with van der Waals surface area (Å²) in [6, 6.07) is 15.4. The Bertz CT molecular complexity index is 1400. The van der Waals surface area contributed by atoms with E-state index in [1.165, 1.54) is 30.3 Å². The Morgan fingerprint density at radius 1 is 0.861 bits per heavy atom. The Hall–Kier alpha value is -4.14. The second-order valence-electron chi connectivity index (χ2n) is 8.58. The Kier molecular flexibility index (Phi) is 6.45. The summed E-state index contributed by atoms with van der Waals surface area (Å²) in [5.41, 5.74) is 2.35. The number of rotatable bonds is 6. The molecule has 3 aromatic carbocycles. The molecule has 0 spiro atoms. The number of halogens is 4. The van der Waals surface area contributed by atoms with Gasteiger partial charge in [-0.05, 0) is 60.5 Å². The summed E-state index contributed by atoms with van der Waals surface area (Å²) >= 11 is 0. The number of amides is 1. The molecule has 0 fully saturated rings. The van der Waals surface area contributed by atoms with E-state index in [1.54, 1.807) is 29.2 Å². The van der Waals surface area contributed by atoms with Gasteiger partial charge in [-0.1, -0.05) is 12.1 Å². The van der Waals surface area contributed by atoms with Gasteiger partial charge in [0.1, 0.15) is 29.0 Å². The van der Waals surface area contributed by atoms with Gasteiger partial charge < -0.3 is 14.8 Å². The van der Waals surface area contributed by atoms with E-state index in [1.807, 2.05) is 4.57 Å². The summed E-state index contributed by atoms with van der Waals surface area (Å²) in [6.45, 7) is 1.12. The highest BCUT2D eigenvalue weighted by Crippen LogP contribution is 2.33. The number of carbonyl (C=O) groups is 1. The number of hydrogen-bond donors (Lipinski definition) is 1. The molecule has 0 unspecified atom stereocenters. The maximum atomic E-state index is 13.8. The van der Waals surface area contributed by atoms with Crippen LogP contribution in [0.15, 0.2) is 66.7 Å². The lowest BCUT2D eigenvalue weighted by molar-refractivity contribution is -0.132. The lowest BCUT2D eigenvalue weighted by atomic mass is 10.1. The van der Waals surface area contributed by atoms with E-state index in [0.29, 0.717) is 48.1 Å². The molecule has 1 aliphatic heterocycles. The third-order valence-electron chi connectivity index (χ3n) is 6.17. The molecule has 0 bridgehead atoms. The maximum absolute atomic E-state index is 13.8. The summed E-state index contributed by atoms with van der Waals surface area (Å²) in [4.78, 5) is 19.3. The van der Waals surface area contributed by atoms with Crippen LogP contribution in [0.1, 0.15) is 17.8 Å². The smallest absolute Gasteiger partial charge is 0.223 e. The van der Waals surface area contributed by atoms with Crippen LogP contribution in [0, 0.1) is 23.3 Å². The van der Waals surface area contributed by atoms with Gasteiger partial charge in [0.25, 0.3) is 0 Å². The summed E-state index contributed by atoms with van der Waals surface area (Å²) < 4.78 is 55.8. The van der Waals surface area contributed by atoms with Gasteiger partial charge >= 0.3 is 0 Å². The zero-order valence-electron chi connectivity index (χ0n) is 19.1. The normalized spacial score (nSPS) is 12.9. The first kappa shape index (κ1) is 23.6. The largest absolute Gasteiger partial charge is 0.340 e. The number of aryl methyl sites for hydroxylation is 1. The maximum Gasteiger partial charge on any atom is 0.223 e. The number of hydrogen-bond acceptors (Lipinski definition) is 3. The Morgan fingerprint density at radius 2 is 1.56 bits per heavy atom. The molecule has 0 aliphatic carbocycles. The van der Waals surface area contributed by atoms with Crippen LogP contribution >= 0.6 is 0 Å². The molecule has 0 radical (unpaired) electrons. The number of aromatic nitrogens is 2. The second-order valence-corrected chi connectivity index (χ2v) is 8.58. The van der Waals surface area contributed by atoms with Crippen molar-refractivity contribution in [1.29, 1.82) is 0 Å². The van der Waals surface area contributed by atoms with Gasteiger partial charge in [0.05, 0.1) is 6.54 Å². The fourth-order valence-electron chi connectivity index (χ4n) is 4.25. The van der Waals surface area contributed by atoms with E-state index in [4.69, 9.17) is 4.98 Å². The molecule has 4 aromatic rings. The first-order valence-corrected chi connectivity index (χ1v) is 11.5. The Morgan fingerprint density at radius 3 is 2.25 bits per heavy atom. The van der Waals surface area contributed by atoms with Crippen molar-refractivity contribution in [2.75, 3.05) is 11.9 Å². The fraction of sp³-hybridized carbons (Fsp3) is 0.185. The fourth-order valence-corrected chi connectivity index (χ4v) is 4.25. The number of imidazole rings is 1. The molecular weight excluding hydrogens is 472 g/mol. The van der Waals surface area contributed by atoms with Gasteiger partial charge in [-0.25, -0.2) is 22.5 Å². The molecular formula is C27H22F4N4O. The zero-order valence-corrected chi connectivity index (χ0v) is 19.1. The number of nitrogens with one attached hydrogen (secondary N) is 1. The monoisotopic (exact) mass is 494 g/mol. The standard InChI is InChI=1S/C27H22F4N4O/c28-19-6-1-17(2-7-19)3-12-25(36)34-13-14-35-24(16-34)33-26(18-4-8-20(29)9-5-18)27(35)32-21-10-11-22(30)23(31)15-21/h1-2,4-11,15,32H,3,12-14,16H2. The quantitative estimate of drug-likeness (QED) is 0.344. The van der Waals surface area contributed by atoms with Gasteiger partial charge in [0.15, 0.2) is 11.6 Å². The lowest BCUT2D eigenvalue weighted by Crippen LogP contribution is -2.38. The molecule has 0 saturated heterocycles. The highest BCUT2D eigenvalue weighted by Gasteiger charge is 2.27. The molecule has 5 nitrogen and oxygen atoms in total. The number of nitrogens with zero attached hydrogens (tertiary/aromatic N) is 3. The molecule has 0 atom stereocenters. The topological polar surface area (TPSA) is 50.2 Å². The van der Waals surface area contributed by atoms with E-state index < -0.39 is 17.5 Å². The highest BCUT2D eigenvalue weighted by atomic mass is 19.2. The lowest BCUT2D eigenvalue weighted by Gasteiger charge is -2.28. The molecule has 184 valence electrons. The number of benzene rings is 3. The molecule has 2 heterocycles. The average molecular weight is 494 g/mol. The average Bonchev–Trinajstić information content (AvgIpc) is 3.23. The van der Waals surface area contributed by atoms with Crippen LogP contribution in [-0.2, 0) is 24.3 Å². The van der Waals surface area contributed by atoms with Crippen LogP contribution in [0.5, 0.6) is 0 Å². The molecule has 9 heteroatoms. The number of fused-ring (bicyclic) bond motifs is 1. The summed E-state index contributed by atoms with van der Waals surface area (Å²) in [5.74, 6) is -1.55. The number of anilines is 2. The van der Waals surface area contributed by atoms with Gasteiger partial charge in [0.2, 0.25) is 5.91 Å². The van der Waals surface area contributed by atoms with Crippen molar-refractivity contribution in [2.24, 2.45) is 0 Å². The molecule has 1 aromatic heterocycles.